The van der Waals surface area contributed by atoms with Crippen molar-refractivity contribution < 1.29 is 14.5 Å². The first-order valence-electron chi connectivity index (χ1n) is 9.00. The molecule has 1 saturated heterocycles. The topological polar surface area (TPSA) is 95.8 Å². The van der Waals surface area contributed by atoms with E-state index >= 15 is 0 Å². The Morgan fingerprint density at radius 3 is 2.32 bits per heavy atom. The van der Waals surface area contributed by atoms with Crippen LogP contribution in [0.25, 0.3) is 0 Å². The SMILES string of the molecule is CCN(Cc1ccccc1)CN1C(=O)N[C@](C)(c2ccc([N+](=O)[O-])cc2)C1=O. The molecule has 146 valence electrons. The number of non-ortho nitro benzene ring substituents is 1. The van der Waals surface area contributed by atoms with Gasteiger partial charge in [-0.25, -0.2) is 9.69 Å². The fraction of sp³-hybridized carbons (Fsp3) is 0.300. The van der Waals surface area contributed by atoms with Crippen molar-refractivity contribution >= 4 is 17.6 Å². The van der Waals surface area contributed by atoms with Crippen LogP contribution in [0.15, 0.2) is 54.6 Å². The molecule has 1 fully saturated rings. The van der Waals surface area contributed by atoms with Crippen molar-refractivity contribution in [2.24, 2.45) is 0 Å². The molecule has 1 atom stereocenters. The van der Waals surface area contributed by atoms with Gasteiger partial charge in [0.15, 0.2) is 0 Å². The van der Waals surface area contributed by atoms with Crippen LogP contribution < -0.4 is 5.32 Å². The molecule has 8 heteroatoms. The number of nitro benzene ring substituents is 1. The minimum Gasteiger partial charge on any atom is -0.319 e. The maximum atomic E-state index is 13.0. The lowest BCUT2D eigenvalue weighted by atomic mass is 9.92. The average Bonchev–Trinajstić information content (AvgIpc) is 2.92. The molecule has 8 nitrogen and oxygen atoms in total. The van der Waals surface area contributed by atoms with E-state index in [1.165, 1.54) is 29.2 Å². The van der Waals surface area contributed by atoms with Gasteiger partial charge in [-0.05, 0) is 36.7 Å². The molecule has 0 aromatic heterocycles. The second-order valence-electron chi connectivity index (χ2n) is 6.86. The monoisotopic (exact) mass is 382 g/mol. The van der Waals surface area contributed by atoms with E-state index in [1.807, 2.05) is 42.2 Å². The lowest BCUT2D eigenvalue weighted by Gasteiger charge is -2.26. The van der Waals surface area contributed by atoms with Crippen LogP contribution in [-0.2, 0) is 16.9 Å². The van der Waals surface area contributed by atoms with Crippen LogP contribution in [0, 0.1) is 10.1 Å². The van der Waals surface area contributed by atoms with Gasteiger partial charge in [0.2, 0.25) is 0 Å². The second-order valence-corrected chi connectivity index (χ2v) is 6.86. The Morgan fingerprint density at radius 1 is 1.11 bits per heavy atom. The summed E-state index contributed by atoms with van der Waals surface area (Å²) < 4.78 is 0. The fourth-order valence-corrected chi connectivity index (χ4v) is 3.24. The van der Waals surface area contributed by atoms with Crippen molar-refractivity contribution in [2.75, 3.05) is 13.2 Å². The van der Waals surface area contributed by atoms with Crippen LogP contribution in [0.3, 0.4) is 0 Å². The van der Waals surface area contributed by atoms with Gasteiger partial charge in [0.25, 0.3) is 11.6 Å². The number of nitro groups is 1. The molecular formula is C20H22N4O4. The van der Waals surface area contributed by atoms with E-state index in [-0.39, 0.29) is 18.3 Å². The quantitative estimate of drug-likeness (QED) is 0.451. The van der Waals surface area contributed by atoms with Gasteiger partial charge in [-0.2, -0.15) is 0 Å². The first kappa shape index (κ1) is 19.5. The Hall–Kier alpha value is -3.26. The second kappa shape index (κ2) is 7.77. The van der Waals surface area contributed by atoms with E-state index in [0.29, 0.717) is 18.7 Å². The van der Waals surface area contributed by atoms with Gasteiger partial charge < -0.3 is 5.32 Å². The molecule has 2 aromatic carbocycles. The minimum absolute atomic E-state index is 0.0685. The summed E-state index contributed by atoms with van der Waals surface area (Å²) in [5, 5.41) is 13.6. The molecule has 0 unspecified atom stereocenters. The highest BCUT2D eigenvalue weighted by Gasteiger charge is 2.49. The van der Waals surface area contributed by atoms with Gasteiger partial charge in [-0.1, -0.05) is 37.3 Å². The molecule has 1 aliphatic heterocycles. The Bertz CT molecular complexity index is 885. The van der Waals surface area contributed by atoms with Crippen molar-refractivity contribution in [3.8, 4) is 0 Å². The van der Waals surface area contributed by atoms with Crippen molar-refractivity contribution in [2.45, 2.75) is 25.9 Å². The highest BCUT2D eigenvalue weighted by Crippen LogP contribution is 2.30. The van der Waals surface area contributed by atoms with E-state index in [1.54, 1.807) is 6.92 Å². The molecule has 0 radical (unpaired) electrons. The molecule has 1 heterocycles. The summed E-state index contributed by atoms with van der Waals surface area (Å²) in [6.45, 7) is 5.03. The van der Waals surface area contributed by atoms with Crippen molar-refractivity contribution in [1.29, 1.82) is 0 Å². The summed E-state index contributed by atoms with van der Waals surface area (Å²) in [4.78, 5) is 39.1. The van der Waals surface area contributed by atoms with E-state index in [4.69, 9.17) is 0 Å². The Labute approximate surface area is 162 Å². The number of carbonyl (C=O) groups excluding carboxylic acids is 2. The van der Waals surface area contributed by atoms with Crippen molar-refractivity contribution in [3.63, 3.8) is 0 Å². The molecule has 1 N–H and O–H groups in total. The van der Waals surface area contributed by atoms with Crippen molar-refractivity contribution in [3.05, 3.63) is 75.8 Å². The molecule has 28 heavy (non-hydrogen) atoms. The summed E-state index contributed by atoms with van der Waals surface area (Å²) >= 11 is 0. The van der Waals surface area contributed by atoms with Gasteiger partial charge in [0.1, 0.15) is 5.54 Å². The Morgan fingerprint density at radius 2 is 1.75 bits per heavy atom. The van der Waals surface area contributed by atoms with Gasteiger partial charge in [-0.3, -0.25) is 19.8 Å². The predicted molar refractivity (Wildman–Crippen MR) is 103 cm³/mol. The Kier molecular flexibility index (Phi) is 5.41. The molecule has 2 aromatic rings. The number of hydrogen-bond donors (Lipinski definition) is 1. The van der Waals surface area contributed by atoms with Crippen LogP contribution in [0.1, 0.15) is 25.0 Å². The molecule has 0 saturated carbocycles. The Balaban J connectivity index is 1.77. The fourth-order valence-electron chi connectivity index (χ4n) is 3.24. The maximum Gasteiger partial charge on any atom is 0.326 e. The van der Waals surface area contributed by atoms with Crippen LogP contribution in [0.4, 0.5) is 10.5 Å². The third-order valence-corrected chi connectivity index (χ3v) is 4.97. The van der Waals surface area contributed by atoms with Crippen LogP contribution in [0.2, 0.25) is 0 Å². The number of nitrogens with zero attached hydrogens (tertiary/aromatic N) is 3. The standard InChI is InChI=1S/C20H22N4O4/c1-3-22(13-15-7-5-4-6-8-15)14-23-18(25)20(2,21-19(23)26)16-9-11-17(12-10-16)24(27)28/h4-12H,3,13-14H2,1-2H3,(H,21,26)/t20-/m1/s1. The number of urea groups is 1. The molecule has 0 bridgehead atoms. The predicted octanol–water partition coefficient (Wildman–Crippen LogP) is 2.84. The molecule has 3 amide bonds. The summed E-state index contributed by atoms with van der Waals surface area (Å²) in [6, 6.07) is 15.0. The zero-order chi connectivity index (χ0) is 20.3. The smallest absolute Gasteiger partial charge is 0.319 e. The van der Waals surface area contributed by atoms with Gasteiger partial charge in [0, 0.05) is 18.7 Å². The number of rotatable bonds is 7. The highest BCUT2D eigenvalue weighted by atomic mass is 16.6. The molecular weight excluding hydrogens is 360 g/mol. The number of benzene rings is 2. The third-order valence-electron chi connectivity index (χ3n) is 4.97. The zero-order valence-corrected chi connectivity index (χ0v) is 15.8. The molecule has 0 spiro atoms. The highest BCUT2D eigenvalue weighted by molar-refractivity contribution is 6.07. The summed E-state index contributed by atoms with van der Waals surface area (Å²) in [7, 11) is 0. The first-order valence-corrected chi connectivity index (χ1v) is 9.00. The normalized spacial score (nSPS) is 19.2. The number of hydrogen-bond acceptors (Lipinski definition) is 5. The van der Waals surface area contributed by atoms with Gasteiger partial charge >= 0.3 is 6.03 Å². The van der Waals surface area contributed by atoms with Crippen LogP contribution in [-0.4, -0.2) is 39.9 Å². The van der Waals surface area contributed by atoms with E-state index in [9.17, 15) is 19.7 Å². The number of carbonyl (C=O) groups is 2. The van der Waals surface area contributed by atoms with E-state index in [2.05, 4.69) is 5.32 Å². The first-order chi connectivity index (χ1) is 13.3. The number of nitrogens with one attached hydrogen (secondary N) is 1. The van der Waals surface area contributed by atoms with E-state index in [0.717, 1.165) is 5.56 Å². The van der Waals surface area contributed by atoms with Crippen LogP contribution in [0.5, 0.6) is 0 Å². The average molecular weight is 382 g/mol. The molecule has 1 aliphatic rings. The van der Waals surface area contributed by atoms with Crippen molar-refractivity contribution in [1.82, 2.24) is 15.1 Å². The summed E-state index contributed by atoms with van der Waals surface area (Å²) in [5.41, 5.74) is 0.277. The summed E-state index contributed by atoms with van der Waals surface area (Å²) in [6.07, 6.45) is 0. The van der Waals surface area contributed by atoms with Gasteiger partial charge in [-0.15, -0.1) is 0 Å². The lowest BCUT2D eigenvalue weighted by Crippen LogP contribution is -2.43. The summed E-state index contributed by atoms with van der Waals surface area (Å²) in [5.74, 6) is -0.377. The lowest BCUT2D eigenvalue weighted by molar-refractivity contribution is -0.384. The number of amides is 3. The maximum absolute atomic E-state index is 13.0. The minimum atomic E-state index is -1.25. The van der Waals surface area contributed by atoms with Crippen LogP contribution >= 0.6 is 0 Å². The molecule has 0 aliphatic carbocycles. The third kappa shape index (κ3) is 3.72. The van der Waals surface area contributed by atoms with E-state index < -0.39 is 16.5 Å². The number of imide groups is 1. The largest absolute Gasteiger partial charge is 0.326 e. The zero-order valence-electron chi connectivity index (χ0n) is 15.8. The molecule has 3 rings (SSSR count). The van der Waals surface area contributed by atoms with Gasteiger partial charge in [0.05, 0.1) is 11.6 Å².